The van der Waals surface area contributed by atoms with E-state index in [0.717, 1.165) is 4.47 Å². The maximum atomic E-state index is 11.7. The van der Waals surface area contributed by atoms with E-state index in [9.17, 15) is 9.59 Å². The lowest BCUT2D eigenvalue weighted by Crippen LogP contribution is -2.23. The molecule has 2 amide bonds. The zero-order valence-electron chi connectivity index (χ0n) is 9.12. The van der Waals surface area contributed by atoms with Crippen LogP contribution in [-0.2, 0) is 14.3 Å². The first kappa shape index (κ1) is 11.9. The molecule has 0 saturated carbocycles. The van der Waals surface area contributed by atoms with Gasteiger partial charge in [0.15, 0.2) is 5.76 Å². The van der Waals surface area contributed by atoms with Crippen LogP contribution in [0.25, 0.3) is 5.57 Å². The summed E-state index contributed by atoms with van der Waals surface area (Å²) in [6.07, 6.45) is 0. The fourth-order valence-corrected chi connectivity index (χ4v) is 1.86. The molecule has 88 valence electrons. The maximum Gasteiger partial charge on any atom is 0.294 e. The first-order valence-electron chi connectivity index (χ1n) is 5.12. The van der Waals surface area contributed by atoms with E-state index in [1.807, 2.05) is 12.1 Å². The smallest absolute Gasteiger partial charge is 0.294 e. The number of imide groups is 1. The van der Waals surface area contributed by atoms with Crippen LogP contribution in [-0.4, -0.2) is 18.4 Å². The van der Waals surface area contributed by atoms with E-state index < -0.39 is 11.8 Å². The molecular weight excluding hydrogens is 286 g/mol. The molecule has 0 bridgehead atoms. The second kappa shape index (κ2) is 4.71. The first-order chi connectivity index (χ1) is 8.13. The summed E-state index contributed by atoms with van der Waals surface area (Å²) in [6.45, 7) is 2.11. The van der Waals surface area contributed by atoms with E-state index in [1.165, 1.54) is 0 Å². The number of carbonyl (C=O) groups is 2. The zero-order valence-corrected chi connectivity index (χ0v) is 10.7. The molecule has 0 spiro atoms. The Kier molecular flexibility index (Phi) is 3.28. The molecule has 0 aromatic heterocycles. The molecule has 1 aliphatic heterocycles. The second-order valence-electron chi connectivity index (χ2n) is 3.43. The Morgan fingerprint density at radius 3 is 2.41 bits per heavy atom. The molecule has 0 radical (unpaired) electrons. The number of hydrogen-bond donors (Lipinski definition) is 1. The van der Waals surface area contributed by atoms with Gasteiger partial charge in [-0.1, -0.05) is 28.1 Å². The fourth-order valence-electron chi connectivity index (χ4n) is 1.60. The monoisotopic (exact) mass is 295 g/mol. The Morgan fingerprint density at radius 2 is 1.82 bits per heavy atom. The number of nitrogens with one attached hydrogen (secondary N) is 1. The third-order valence-electron chi connectivity index (χ3n) is 2.31. The molecule has 4 nitrogen and oxygen atoms in total. The van der Waals surface area contributed by atoms with Crippen LogP contribution in [0, 0.1) is 0 Å². The molecule has 1 aliphatic rings. The van der Waals surface area contributed by atoms with Gasteiger partial charge in [0.1, 0.15) is 0 Å². The summed E-state index contributed by atoms with van der Waals surface area (Å²) < 4.78 is 6.12. The van der Waals surface area contributed by atoms with Crippen LogP contribution in [0.2, 0.25) is 0 Å². The van der Waals surface area contributed by atoms with Crippen LogP contribution in [0.15, 0.2) is 34.5 Å². The van der Waals surface area contributed by atoms with Crippen molar-refractivity contribution in [2.24, 2.45) is 0 Å². The quantitative estimate of drug-likeness (QED) is 0.866. The number of ether oxygens (including phenoxy) is 1. The lowest BCUT2D eigenvalue weighted by molar-refractivity contribution is -0.125. The van der Waals surface area contributed by atoms with Crippen LogP contribution in [0.4, 0.5) is 0 Å². The minimum Gasteiger partial charge on any atom is -0.488 e. The molecule has 1 N–H and O–H groups in total. The van der Waals surface area contributed by atoms with E-state index in [2.05, 4.69) is 21.2 Å². The van der Waals surface area contributed by atoms with Gasteiger partial charge in [0.05, 0.1) is 12.2 Å². The van der Waals surface area contributed by atoms with Gasteiger partial charge in [-0.3, -0.25) is 14.9 Å². The van der Waals surface area contributed by atoms with E-state index in [1.54, 1.807) is 19.1 Å². The molecule has 0 saturated heterocycles. The van der Waals surface area contributed by atoms with Crippen molar-refractivity contribution in [3.05, 3.63) is 40.1 Å². The lowest BCUT2D eigenvalue weighted by Gasteiger charge is -2.04. The van der Waals surface area contributed by atoms with Crippen molar-refractivity contribution in [1.29, 1.82) is 0 Å². The van der Waals surface area contributed by atoms with Gasteiger partial charge < -0.3 is 4.74 Å². The van der Waals surface area contributed by atoms with E-state index in [4.69, 9.17) is 4.74 Å². The van der Waals surface area contributed by atoms with Crippen molar-refractivity contribution in [1.82, 2.24) is 5.32 Å². The molecule has 0 fully saturated rings. The molecule has 0 unspecified atom stereocenters. The van der Waals surface area contributed by atoms with Gasteiger partial charge in [-0.05, 0) is 24.6 Å². The third-order valence-corrected chi connectivity index (χ3v) is 2.84. The highest BCUT2D eigenvalue weighted by atomic mass is 79.9. The summed E-state index contributed by atoms with van der Waals surface area (Å²) in [6, 6.07) is 7.14. The maximum absolute atomic E-state index is 11.7. The van der Waals surface area contributed by atoms with Gasteiger partial charge in [0.2, 0.25) is 0 Å². The molecule has 1 aromatic rings. The minimum atomic E-state index is -0.477. The number of halogens is 1. The Hall–Kier alpha value is -1.62. The van der Waals surface area contributed by atoms with Crippen molar-refractivity contribution >= 4 is 33.3 Å². The Morgan fingerprint density at radius 1 is 1.18 bits per heavy atom. The number of amides is 2. The van der Waals surface area contributed by atoms with Crippen LogP contribution in [0.3, 0.4) is 0 Å². The molecule has 5 heteroatoms. The van der Waals surface area contributed by atoms with Gasteiger partial charge in [0.25, 0.3) is 11.8 Å². The topological polar surface area (TPSA) is 55.4 Å². The summed E-state index contributed by atoms with van der Waals surface area (Å²) in [7, 11) is 0. The number of benzene rings is 1. The fraction of sp³-hybridized carbons (Fsp3) is 0.167. The summed E-state index contributed by atoms with van der Waals surface area (Å²) >= 11 is 3.31. The second-order valence-corrected chi connectivity index (χ2v) is 4.34. The number of rotatable bonds is 3. The highest BCUT2D eigenvalue weighted by Gasteiger charge is 2.32. The average molecular weight is 296 g/mol. The van der Waals surface area contributed by atoms with Crippen LogP contribution < -0.4 is 5.32 Å². The van der Waals surface area contributed by atoms with Crippen molar-refractivity contribution in [3.8, 4) is 0 Å². The van der Waals surface area contributed by atoms with Crippen LogP contribution in [0.5, 0.6) is 0 Å². The minimum absolute atomic E-state index is 0.0971. The lowest BCUT2D eigenvalue weighted by atomic mass is 10.1. The van der Waals surface area contributed by atoms with E-state index in [-0.39, 0.29) is 5.76 Å². The van der Waals surface area contributed by atoms with Crippen molar-refractivity contribution < 1.29 is 14.3 Å². The van der Waals surface area contributed by atoms with Gasteiger partial charge >= 0.3 is 0 Å². The SMILES string of the molecule is CCOC1=C(c2ccc(Br)cc2)C(=O)NC1=O. The van der Waals surface area contributed by atoms with Crippen LogP contribution >= 0.6 is 15.9 Å². The predicted octanol–water partition coefficient (Wildman–Crippen LogP) is 1.85. The number of hydrogen-bond acceptors (Lipinski definition) is 3. The zero-order chi connectivity index (χ0) is 12.4. The Labute approximate surface area is 107 Å². The predicted molar refractivity (Wildman–Crippen MR) is 65.8 cm³/mol. The standard InChI is InChI=1S/C12H10BrNO3/c1-2-17-10-9(11(15)14-12(10)16)7-3-5-8(13)6-4-7/h3-6H,2H2,1H3,(H,14,15,16). The molecule has 1 aromatic carbocycles. The summed E-state index contributed by atoms with van der Waals surface area (Å²) in [5.74, 6) is -0.796. The van der Waals surface area contributed by atoms with Crippen molar-refractivity contribution in [2.75, 3.05) is 6.61 Å². The molecule has 1 heterocycles. The summed E-state index contributed by atoms with van der Waals surface area (Å²) in [5.41, 5.74) is 0.962. The molecule has 0 aliphatic carbocycles. The third kappa shape index (κ3) is 2.24. The average Bonchev–Trinajstić information content (AvgIpc) is 2.56. The summed E-state index contributed by atoms with van der Waals surface area (Å²) in [4.78, 5) is 23.2. The molecule has 2 rings (SSSR count). The normalized spacial score (nSPS) is 15.2. The van der Waals surface area contributed by atoms with E-state index >= 15 is 0 Å². The Balaban J connectivity index is 2.49. The highest BCUT2D eigenvalue weighted by molar-refractivity contribution is 9.10. The van der Waals surface area contributed by atoms with E-state index in [0.29, 0.717) is 17.7 Å². The van der Waals surface area contributed by atoms with Crippen LogP contribution in [0.1, 0.15) is 12.5 Å². The van der Waals surface area contributed by atoms with Gasteiger partial charge in [0, 0.05) is 4.47 Å². The molecular formula is C12H10BrNO3. The molecule has 17 heavy (non-hydrogen) atoms. The van der Waals surface area contributed by atoms with Gasteiger partial charge in [-0.2, -0.15) is 0 Å². The van der Waals surface area contributed by atoms with Gasteiger partial charge in [-0.25, -0.2) is 0 Å². The first-order valence-corrected chi connectivity index (χ1v) is 5.91. The number of carbonyl (C=O) groups excluding carboxylic acids is 2. The largest absolute Gasteiger partial charge is 0.488 e. The highest BCUT2D eigenvalue weighted by Crippen LogP contribution is 2.25. The van der Waals surface area contributed by atoms with Crippen molar-refractivity contribution in [2.45, 2.75) is 6.92 Å². The van der Waals surface area contributed by atoms with Gasteiger partial charge in [-0.15, -0.1) is 0 Å². The molecule has 0 atom stereocenters. The van der Waals surface area contributed by atoms with Crippen molar-refractivity contribution in [3.63, 3.8) is 0 Å². The summed E-state index contributed by atoms with van der Waals surface area (Å²) in [5, 5.41) is 2.23. The Bertz CT molecular complexity index is 505.